The number of benzene rings is 1. The Morgan fingerprint density at radius 2 is 1.96 bits per heavy atom. The number of hydrogen-bond donors (Lipinski definition) is 1. The van der Waals surface area contributed by atoms with Gasteiger partial charge in [-0.25, -0.2) is 18.4 Å². The van der Waals surface area contributed by atoms with Crippen LogP contribution in [0.4, 0.5) is 11.5 Å². The SMILES string of the molecule is CN(c1cnc(C(=O)Nc2ccc(Cl)cc2)cn1)C1CCS(=O)(=O)C1. The van der Waals surface area contributed by atoms with Gasteiger partial charge in [0.25, 0.3) is 5.91 Å². The first-order valence-electron chi connectivity index (χ1n) is 7.66. The zero-order valence-electron chi connectivity index (χ0n) is 13.5. The van der Waals surface area contributed by atoms with Gasteiger partial charge < -0.3 is 10.2 Å². The summed E-state index contributed by atoms with van der Waals surface area (Å²) in [5.41, 5.74) is 0.778. The third kappa shape index (κ3) is 4.26. The molecule has 0 saturated carbocycles. The number of nitrogens with one attached hydrogen (secondary N) is 1. The second kappa shape index (κ2) is 6.97. The fourth-order valence-electron chi connectivity index (χ4n) is 2.62. The lowest BCUT2D eigenvalue weighted by molar-refractivity contribution is 0.102. The van der Waals surface area contributed by atoms with Crippen LogP contribution in [-0.2, 0) is 9.84 Å². The van der Waals surface area contributed by atoms with Crippen LogP contribution in [-0.4, -0.2) is 48.9 Å². The maximum atomic E-state index is 12.2. The molecule has 25 heavy (non-hydrogen) atoms. The highest BCUT2D eigenvalue weighted by atomic mass is 35.5. The van der Waals surface area contributed by atoms with Gasteiger partial charge in [-0.15, -0.1) is 0 Å². The smallest absolute Gasteiger partial charge is 0.275 e. The van der Waals surface area contributed by atoms with Crippen LogP contribution < -0.4 is 10.2 Å². The van der Waals surface area contributed by atoms with Crippen molar-refractivity contribution in [2.45, 2.75) is 12.5 Å². The highest BCUT2D eigenvalue weighted by Crippen LogP contribution is 2.21. The van der Waals surface area contributed by atoms with Gasteiger partial charge in [0.1, 0.15) is 11.5 Å². The van der Waals surface area contributed by atoms with Gasteiger partial charge in [0, 0.05) is 23.8 Å². The lowest BCUT2D eigenvalue weighted by atomic mass is 10.2. The lowest BCUT2D eigenvalue weighted by Gasteiger charge is -2.23. The van der Waals surface area contributed by atoms with Gasteiger partial charge in [0.05, 0.1) is 23.9 Å². The Kier molecular flexibility index (Phi) is 4.91. The van der Waals surface area contributed by atoms with E-state index in [4.69, 9.17) is 11.6 Å². The number of sulfone groups is 1. The number of anilines is 2. The normalized spacial score (nSPS) is 18.7. The van der Waals surface area contributed by atoms with Crippen molar-refractivity contribution in [2.75, 3.05) is 28.8 Å². The standard InChI is InChI=1S/C16H17ClN4O3S/c1-21(13-6-7-25(23,24)10-13)15-9-18-14(8-19-15)16(22)20-12-4-2-11(17)3-5-12/h2-5,8-9,13H,6-7,10H2,1H3,(H,20,22). The average Bonchev–Trinajstić information content (AvgIpc) is 2.96. The number of amides is 1. The molecule has 132 valence electrons. The first-order chi connectivity index (χ1) is 11.8. The first-order valence-corrected chi connectivity index (χ1v) is 9.86. The Bertz CT molecular complexity index is 869. The van der Waals surface area contributed by atoms with Gasteiger partial charge in [-0.2, -0.15) is 0 Å². The van der Waals surface area contributed by atoms with Gasteiger partial charge in [-0.1, -0.05) is 11.6 Å². The van der Waals surface area contributed by atoms with Gasteiger partial charge in [-0.05, 0) is 30.7 Å². The summed E-state index contributed by atoms with van der Waals surface area (Å²) in [6, 6.07) is 6.62. The van der Waals surface area contributed by atoms with Crippen LogP contribution in [0.1, 0.15) is 16.9 Å². The first kappa shape index (κ1) is 17.6. The molecule has 1 saturated heterocycles. The summed E-state index contributed by atoms with van der Waals surface area (Å²) >= 11 is 5.81. The van der Waals surface area contributed by atoms with Crippen LogP contribution in [0.15, 0.2) is 36.7 Å². The largest absolute Gasteiger partial charge is 0.354 e. The molecule has 1 aromatic heterocycles. The van der Waals surface area contributed by atoms with Gasteiger partial charge in [0.2, 0.25) is 0 Å². The Hall–Kier alpha value is -2.19. The number of nitrogens with zero attached hydrogens (tertiary/aromatic N) is 3. The van der Waals surface area contributed by atoms with Gasteiger partial charge in [-0.3, -0.25) is 4.79 Å². The molecule has 1 unspecified atom stereocenters. The molecule has 7 nitrogen and oxygen atoms in total. The van der Waals surface area contributed by atoms with E-state index in [0.29, 0.717) is 22.9 Å². The molecule has 0 radical (unpaired) electrons. The summed E-state index contributed by atoms with van der Waals surface area (Å²) in [5, 5.41) is 3.29. The Labute approximate surface area is 151 Å². The molecule has 2 aromatic rings. The Morgan fingerprint density at radius 1 is 1.24 bits per heavy atom. The topological polar surface area (TPSA) is 92.3 Å². The minimum Gasteiger partial charge on any atom is -0.354 e. The lowest BCUT2D eigenvalue weighted by Crippen LogP contribution is -2.33. The van der Waals surface area contributed by atoms with Crippen molar-refractivity contribution in [2.24, 2.45) is 0 Å². The molecular formula is C16H17ClN4O3S. The van der Waals surface area contributed by atoms with E-state index in [9.17, 15) is 13.2 Å². The van der Waals surface area contributed by atoms with Crippen molar-refractivity contribution in [3.05, 3.63) is 47.4 Å². The number of rotatable bonds is 4. The molecule has 2 heterocycles. The third-order valence-electron chi connectivity index (χ3n) is 4.09. The van der Waals surface area contributed by atoms with Crippen LogP contribution in [0, 0.1) is 0 Å². The highest BCUT2D eigenvalue weighted by Gasteiger charge is 2.31. The van der Waals surface area contributed by atoms with Crippen molar-refractivity contribution in [1.82, 2.24) is 9.97 Å². The minimum atomic E-state index is -2.97. The molecular weight excluding hydrogens is 364 g/mol. The van der Waals surface area contributed by atoms with Crippen molar-refractivity contribution in [3.8, 4) is 0 Å². The maximum Gasteiger partial charge on any atom is 0.275 e. The summed E-state index contributed by atoms with van der Waals surface area (Å²) in [6.07, 6.45) is 3.42. The van der Waals surface area contributed by atoms with Gasteiger partial charge >= 0.3 is 0 Å². The van der Waals surface area contributed by atoms with Crippen LogP contribution >= 0.6 is 11.6 Å². The van der Waals surface area contributed by atoms with Crippen LogP contribution in [0.5, 0.6) is 0 Å². The summed E-state index contributed by atoms with van der Waals surface area (Å²) in [4.78, 5) is 22.3. The second-order valence-electron chi connectivity index (χ2n) is 5.89. The van der Waals surface area contributed by atoms with Crippen LogP contribution in [0.25, 0.3) is 0 Å². The van der Waals surface area contributed by atoms with E-state index >= 15 is 0 Å². The molecule has 0 aliphatic carbocycles. The summed E-state index contributed by atoms with van der Waals surface area (Å²) in [5.74, 6) is 0.457. The number of carbonyl (C=O) groups excluding carboxylic acids is 1. The van der Waals surface area contributed by atoms with E-state index < -0.39 is 9.84 Å². The maximum absolute atomic E-state index is 12.2. The number of halogens is 1. The van der Waals surface area contributed by atoms with Gasteiger partial charge in [0.15, 0.2) is 9.84 Å². The highest BCUT2D eigenvalue weighted by molar-refractivity contribution is 7.91. The summed E-state index contributed by atoms with van der Waals surface area (Å²) < 4.78 is 23.2. The summed E-state index contributed by atoms with van der Waals surface area (Å²) in [6.45, 7) is 0. The van der Waals surface area contributed by atoms with Crippen LogP contribution in [0.2, 0.25) is 5.02 Å². The monoisotopic (exact) mass is 380 g/mol. The van der Waals surface area contributed by atoms with E-state index in [1.165, 1.54) is 12.4 Å². The number of hydrogen-bond acceptors (Lipinski definition) is 6. The summed E-state index contributed by atoms with van der Waals surface area (Å²) in [7, 11) is -1.19. The molecule has 9 heteroatoms. The minimum absolute atomic E-state index is 0.115. The predicted octanol–water partition coefficient (Wildman–Crippen LogP) is 2.01. The molecule has 1 amide bonds. The molecule has 0 bridgehead atoms. The number of aromatic nitrogens is 2. The van der Waals surface area contributed by atoms with E-state index in [1.54, 1.807) is 36.2 Å². The van der Waals surface area contributed by atoms with E-state index in [2.05, 4.69) is 15.3 Å². The molecule has 1 atom stereocenters. The van der Waals surface area contributed by atoms with Crippen molar-refractivity contribution in [1.29, 1.82) is 0 Å². The molecule has 1 aromatic carbocycles. The molecule has 3 rings (SSSR count). The fraction of sp³-hybridized carbons (Fsp3) is 0.312. The van der Waals surface area contributed by atoms with E-state index in [-0.39, 0.29) is 29.1 Å². The molecule has 1 aliphatic heterocycles. The van der Waals surface area contributed by atoms with E-state index in [1.807, 2.05) is 0 Å². The second-order valence-corrected chi connectivity index (χ2v) is 8.55. The molecule has 0 spiro atoms. The fourth-order valence-corrected chi connectivity index (χ4v) is 4.52. The Balaban J connectivity index is 1.67. The van der Waals surface area contributed by atoms with Crippen molar-refractivity contribution < 1.29 is 13.2 Å². The zero-order chi connectivity index (χ0) is 18.0. The zero-order valence-corrected chi connectivity index (χ0v) is 15.1. The molecule has 1 aliphatic rings. The molecule has 1 N–H and O–H groups in total. The van der Waals surface area contributed by atoms with Crippen molar-refractivity contribution >= 4 is 38.9 Å². The Morgan fingerprint density at radius 3 is 2.52 bits per heavy atom. The van der Waals surface area contributed by atoms with Crippen LogP contribution in [0.3, 0.4) is 0 Å². The molecule has 1 fully saturated rings. The quantitative estimate of drug-likeness (QED) is 0.872. The van der Waals surface area contributed by atoms with E-state index in [0.717, 1.165) is 0 Å². The average molecular weight is 381 g/mol. The third-order valence-corrected chi connectivity index (χ3v) is 6.09. The van der Waals surface area contributed by atoms with Crippen molar-refractivity contribution in [3.63, 3.8) is 0 Å². The number of carbonyl (C=O) groups is 1. The predicted molar refractivity (Wildman–Crippen MR) is 96.9 cm³/mol.